The van der Waals surface area contributed by atoms with Crippen LogP contribution in [0.5, 0.6) is 0 Å². The van der Waals surface area contributed by atoms with Gasteiger partial charge in [0.15, 0.2) is 0 Å². The highest BCUT2D eigenvalue weighted by molar-refractivity contribution is 8.00. The second-order valence-electron chi connectivity index (χ2n) is 4.52. The van der Waals surface area contributed by atoms with Crippen LogP contribution in [-0.2, 0) is 19.5 Å². The van der Waals surface area contributed by atoms with Gasteiger partial charge >= 0.3 is 5.51 Å². The Morgan fingerprint density at radius 1 is 1.00 bits per heavy atom. The molecule has 0 aliphatic heterocycles. The molecule has 6 heteroatoms. The van der Waals surface area contributed by atoms with Crippen LogP contribution in [0.25, 0.3) is 0 Å². The van der Waals surface area contributed by atoms with Gasteiger partial charge in [-0.05, 0) is 48.0 Å². The van der Waals surface area contributed by atoms with Crippen LogP contribution in [0.2, 0.25) is 0 Å². The van der Waals surface area contributed by atoms with Crippen molar-refractivity contribution in [2.75, 3.05) is 0 Å². The van der Waals surface area contributed by atoms with E-state index in [0.29, 0.717) is 6.54 Å². The van der Waals surface area contributed by atoms with Crippen molar-refractivity contribution >= 4 is 23.1 Å². The summed E-state index contributed by atoms with van der Waals surface area (Å²) in [7, 11) is 0. The van der Waals surface area contributed by atoms with Crippen LogP contribution in [0.4, 0.5) is 13.2 Å². The molecule has 1 aromatic carbocycles. The molecule has 0 bridgehead atoms. The van der Waals surface area contributed by atoms with Crippen molar-refractivity contribution in [1.29, 1.82) is 0 Å². The largest absolute Gasteiger partial charge is 0.446 e. The predicted molar refractivity (Wildman–Crippen MR) is 82.6 cm³/mol. The summed E-state index contributed by atoms with van der Waals surface area (Å²) in [5, 5.41) is 3.30. The van der Waals surface area contributed by atoms with Gasteiger partial charge in [-0.25, -0.2) is 0 Å². The Morgan fingerprint density at radius 3 is 2.24 bits per heavy atom. The fourth-order valence-electron chi connectivity index (χ4n) is 1.85. The summed E-state index contributed by atoms with van der Waals surface area (Å²) in [5.41, 5.74) is -3.25. The number of thioether (sulfide) groups is 1. The minimum atomic E-state index is -4.23. The van der Waals surface area contributed by atoms with Crippen LogP contribution < -0.4 is 5.32 Å². The van der Waals surface area contributed by atoms with Crippen molar-refractivity contribution < 1.29 is 13.2 Å². The SMILES string of the molecule is CCc1ccc(CNCc2ccc(SC(F)(F)F)cc2)s1. The zero-order valence-electron chi connectivity index (χ0n) is 11.5. The molecule has 0 amide bonds. The van der Waals surface area contributed by atoms with E-state index in [1.807, 2.05) is 0 Å². The lowest BCUT2D eigenvalue weighted by atomic mass is 10.2. The molecular formula is C15H16F3NS2. The highest BCUT2D eigenvalue weighted by Gasteiger charge is 2.28. The first-order valence-corrected chi connectivity index (χ1v) is 8.22. The van der Waals surface area contributed by atoms with E-state index in [4.69, 9.17) is 0 Å². The van der Waals surface area contributed by atoms with E-state index >= 15 is 0 Å². The van der Waals surface area contributed by atoms with Gasteiger partial charge in [0.2, 0.25) is 0 Å². The number of nitrogens with one attached hydrogen (secondary N) is 1. The van der Waals surface area contributed by atoms with Gasteiger partial charge in [-0.15, -0.1) is 11.3 Å². The molecule has 1 aromatic heterocycles. The van der Waals surface area contributed by atoms with Gasteiger partial charge in [0.1, 0.15) is 0 Å². The second kappa shape index (κ2) is 7.33. The molecule has 0 spiro atoms. The number of alkyl halides is 3. The number of halogens is 3. The third-order valence-corrected chi connectivity index (χ3v) is 4.82. The van der Waals surface area contributed by atoms with Gasteiger partial charge in [-0.2, -0.15) is 13.2 Å². The van der Waals surface area contributed by atoms with Crippen molar-refractivity contribution in [1.82, 2.24) is 5.32 Å². The van der Waals surface area contributed by atoms with Gasteiger partial charge in [-0.1, -0.05) is 19.1 Å². The standard InChI is InChI=1S/C15H16F3NS2/c1-2-12-7-8-14(20-12)10-19-9-11-3-5-13(6-4-11)21-15(16,17)18/h3-8,19H,2,9-10H2,1H3. The first-order chi connectivity index (χ1) is 9.96. The summed E-state index contributed by atoms with van der Waals surface area (Å²) in [4.78, 5) is 2.86. The normalized spacial score (nSPS) is 11.8. The first kappa shape index (κ1) is 16.4. The summed E-state index contributed by atoms with van der Waals surface area (Å²) in [5.74, 6) is 0. The summed E-state index contributed by atoms with van der Waals surface area (Å²) >= 11 is 1.70. The summed E-state index contributed by atoms with van der Waals surface area (Å²) < 4.78 is 36.6. The summed E-state index contributed by atoms with van der Waals surface area (Å²) in [6.45, 7) is 3.56. The van der Waals surface area contributed by atoms with Crippen LogP contribution in [0, 0.1) is 0 Å². The Labute approximate surface area is 130 Å². The lowest BCUT2D eigenvalue weighted by Gasteiger charge is -2.07. The molecule has 1 heterocycles. The Hall–Kier alpha value is -0.980. The van der Waals surface area contributed by atoms with Crippen molar-refractivity contribution in [3.8, 4) is 0 Å². The minimum absolute atomic E-state index is 0.0833. The van der Waals surface area contributed by atoms with E-state index in [1.165, 1.54) is 21.9 Å². The molecule has 0 aliphatic carbocycles. The first-order valence-electron chi connectivity index (χ1n) is 6.59. The Morgan fingerprint density at radius 2 is 1.67 bits per heavy atom. The molecule has 0 saturated carbocycles. The molecule has 1 nitrogen and oxygen atoms in total. The van der Waals surface area contributed by atoms with Crippen LogP contribution in [0.3, 0.4) is 0 Å². The number of hydrogen-bond acceptors (Lipinski definition) is 3. The summed E-state index contributed by atoms with van der Waals surface area (Å²) in [6, 6.07) is 10.7. The van der Waals surface area contributed by atoms with E-state index in [-0.39, 0.29) is 16.7 Å². The smallest absolute Gasteiger partial charge is 0.308 e. The van der Waals surface area contributed by atoms with Crippen LogP contribution in [0.15, 0.2) is 41.3 Å². The zero-order valence-corrected chi connectivity index (χ0v) is 13.2. The zero-order chi connectivity index (χ0) is 15.3. The number of hydrogen-bond donors (Lipinski definition) is 1. The Balaban J connectivity index is 1.80. The molecule has 0 aliphatic rings. The number of rotatable bonds is 6. The van der Waals surface area contributed by atoms with Gasteiger partial charge < -0.3 is 5.32 Å². The van der Waals surface area contributed by atoms with Crippen LogP contribution in [0.1, 0.15) is 22.2 Å². The molecule has 0 unspecified atom stereocenters. The fraction of sp³-hybridized carbons (Fsp3) is 0.333. The van der Waals surface area contributed by atoms with Gasteiger partial charge in [0, 0.05) is 27.7 Å². The quantitative estimate of drug-likeness (QED) is 0.729. The number of benzene rings is 1. The molecule has 2 rings (SSSR count). The van der Waals surface area contributed by atoms with Gasteiger partial charge in [0.05, 0.1) is 0 Å². The van der Waals surface area contributed by atoms with Crippen LogP contribution >= 0.6 is 23.1 Å². The van der Waals surface area contributed by atoms with Crippen molar-refractivity contribution in [3.63, 3.8) is 0 Å². The van der Waals surface area contributed by atoms with Crippen molar-refractivity contribution in [3.05, 3.63) is 51.7 Å². The third kappa shape index (κ3) is 5.73. The maximum absolute atomic E-state index is 12.2. The van der Waals surface area contributed by atoms with E-state index in [0.717, 1.165) is 18.5 Å². The Bertz CT molecular complexity index is 561. The van der Waals surface area contributed by atoms with E-state index in [2.05, 4.69) is 24.4 Å². The average Bonchev–Trinajstić information content (AvgIpc) is 2.87. The molecule has 1 N–H and O–H groups in total. The van der Waals surface area contributed by atoms with E-state index < -0.39 is 5.51 Å². The second-order valence-corrected chi connectivity index (χ2v) is 6.91. The molecule has 114 valence electrons. The van der Waals surface area contributed by atoms with Gasteiger partial charge in [0.25, 0.3) is 0 Å². The van der Waals surface area contributed by atoms with Gasteiger partial charge in [-0.3, -0.25) is 0 Å². The number of thiophene rings is 1. The monoisotopic (exact) mass is 331 g/mol. The molecule has 0 fully saturated rings. The number of aryl methyl sites for hydroxylation is 1. The molecule has 0 saturated heterocycles. The lowest BCUT2D eigenvalue weighted by Crippen LogP contribution is -2.11. The fourth-order valence-corrected chi connectivity index (χ4v) is 3.31. The maximum atomic E-state index is 12.2. The molecule has 2 aromatic rings. The van der Waals surface area contributed by atoms with Crippen molar-refractivity contribution in [2.45, 2.75) is 36.8 Å². The maximum Gasteiger partial charge on any atom is 0.446 e. The Kier molecular flexibility index (Phi) is 5.72. The predicted octanol–water partition coefficient (Wildman–Crippen LogP) is 5.21. The molecular weight excluding hydrogens is 315 g/mol. The average molecular weight is 331 g/mol. The van der Waals surface area contributed by atoms with E-state index in [1.54, 1.807) is 23.5 Å². The van der Waals surface area contributed by atoms with Crippen LogP contribution in [-0.4, -0.2) is 5.51 Å². The van der Waals surface area contributed by atoms with E-state index in [9.17, 15) is 13.2 Å². The molecule has 0 atom stereocenters. The highest BCUT2D eigenvalue weighted by atomic mass is 32.2. The minimum Gasteiger partial charge on any atom is -0.308 e. The lowest BCUT2D eigenvalue weighted by molar-refractivity contribution is -0.0328. The topological polar surface area (TPSA) is 12.0 Å². The highest BCUT2D eigenvalue weighted by Crippen LogP contribution is 2.36. The molecule has 21 heavy (non-hydrogen) atoms. The summed E-state index contributed by atoms with van der Waals surface area (Å²) in [6.07, 6.45) is 1.04. The third-order valence-electron chi connectivity index (χ3n) is 2.85. The molecule has 0 radical (unpaired) electrons. The van der Waals surface area contributed by atoms with Crippen molar-refractivity contribution in [2.24, 2.45) is 0 Å².